The third-order valence-electron chi connectivity index (χ3n) is 3.06. The van der Waals surface area contributed by atoms with Gasteiger partial charge >= 0.3 is 0 Å². The molecule has 20 heavy (non-hydrogen) atoms. The lowest BCUT2D eigenvalue weighted by molar-refractivity contribution is 0.410. The molecule has 0 saturated carbocycles. The first-order valence-electron chi connectivity index (χ1n) is 6.64. The summed E-state index contributed by atoms with van der Waals surface area (Å²) in [7, 11) is 1.67. The van der Waals surface area contributed by atoms with Gasteiger partial charge < -0.3 is 16.2 Å². The maximum atomic E-state index is 6.07. The van der Waals surface area contributed by atoms with Gasteiger partial charge in [-0.15, -0.1) is 0 Å². The predicted octanol–water partition coefficient (Wildman–Crippen LogP) is 1.88. The molecule has 1 unspecified atom stereocenters. The molecule has 108 valence electrons. The van der Waals surface area contributed by atoms with Crippen LogP contribution in [0.25, 0.3) is 0 Å². The SMILES string of the molecule is COc1ccccc1Cc1nsc(C(N)CCCN)n1. The van der Waals surface area contributed by atoms with Gasteiger partial charge in [-0.1, -0.05) is 18.2 Å². The average molecular weight is 292 g/mol. The zero-order valence-corrected chi connectivity index (χ0v) is 12.4. The summed E-state index contributed by atoms with van der Waals surface area (Å²) < 4.78 is 9.71. The molecular formula is C14H20N4OS. The second-order valence-corrected chi connectivity index (χ2v) is 5.36. The van der Waals surface area contributed by atoms with Crippen LogP contribution in [0.2, 0.25) is 0 Å². The third-order valence-corrected chi connectivity index (χ3v) is 3.94. The summed E-state index contributed by atoms with van der Waals surface area (Å²) in [5, 5.41) is 0.878. The van der Waals surface area contributed by atoms with Crippen molar-refractivity contribution in [1.29, 1.82) is 0 Å². The molecule has 0 bridgehead atoms. The molecule has 0 aliphatic heterocycles. The molecule has 0 aliphatic carbocycles. The number of hydrogen-bond donors (Lipinski definition) is 2. The van der Waals surface area contributed by atoms with Crippen molar-refractivity contribution in [3.63, 3.8) is 0 Å². The highest BCUT2D eigenvalue weighted by Crippen LogP contribution is 2.22. The Morgan fingerprint density at radius 1 is 1.35 bits per heavy atom. The summed E-state index contributed by atoms with van der Waals surface area (Å²) in [5.41, 5.74) is 12.6. The van der Waals surface area contributed by atoms with Gasteiger partial charge in [-0.05, 0) is 37.0 Å². The molecule has 1 aromatic heterocycles. The monoisotopic (exact) mass is 292 g/mol. The number of ether oxygens (including phenoxy) is 1. The van der Waals surface area contributed by atoms with Crippen LogP contribution in [0.1, 0.15) is 35.3 Å². The zero-order chi connectivity index (χ0) is 14.4. The molecule has 0 amide bonds. The van der Waals surface area contributed by atoms with E-state index in [9.17, 15) is 0 Å². The Hall–Kier alpha value is -1.50. The normalized spacial score (nSPS) is 12.3. The number of para-hydroxylation sites is 1. The minimum atomic E-state index is -0.0672. The maximum Gasteiger partial charge on any atom is 0.147 e. The smallest absolute Gasteiger partial charge is 0.147 e. The van der Waals surface area contributed by atoms with Crippen LogP contribution in [0.15, 0.2) is 24.3 Å². The first kappa shape index (κ1) is 14.9. The lowest BCUT2D eigenvalue weighted by Gasteiger charge is -2.06. The summed E-state index contributed by atoms with van der Waals surface area (Å²) in [6, 6.07) is 7.83. The van der Waals surface area contributed by atoms with Gasteiger partial charge in [0, 0.05) is 12.0 Å². The Kier molecular flexibility index (Phi) is 5.46. The van der Waals surface area contributed by atoms with Crippen molar-refractivity contribution in [3.05, 3.63) is 40.7 Å². The Balaban J connectivity index is 2.05. The Morgan fingerprint density at radius 3 is 2.90 bits per heavy atom. The van der Waals surface area contributed by atoms with Crippen LogP contribution in [-0.2, 0) is 6.42 Å². The topological polar surface area (TPSA) is 87.0 Å². The summed E-state index contributed by atoms with van der Waals surface area (Å²) in [5.74, 6) is 1.65. The van der Waals surface area contributed by atoms with Gasteiger partial charge in [-0.3, -0.25) is 0 Å². The molecule has 6 heteroatoms. The number of rotatable bonds is 7. The lowest BCUT2D eigenvalue weighted by Crippen LogP contribution is -2.12. The first-order valence-corrected chi connectivity index (χ1v) is 7.42. The minimum absolute atomic E-state index is 0.0672. The maximum absolute atomic E-state index is 6.07. The highest BCUT2D eigenvalue weighted by Gasteiger charge is 2.13. The van der Waals surface area contributed by atoms with E-state index >= 15 is 0 Å². The highest BCUT2D eigenvalue weighted by molar-refractivity contribution is 7.05. The Morgan fingerprint density at radius 2 is 2.15 bits per heavy atom. The van der Waals surface area contributed by atoms with Crippen molar-refractivity contribution >= 4 is 11.5 Å². The number of aromatic nitrogens is 2. The number of nitrogens with zero attached hydrogens (tertiary/aromatic N) is 2. The number of hydrogen-bond acceptors (Lipinski definition) is 6. The minimum Gasteiger partial charge on any atom is -0.496 e. The van der Waals surface area contributed by atoms with Crippen LogP contribution in [0.3, 0.4) is 0 Å². The van der Waals surface area contributed by atoms with Crippen LogP contribution in [0.4, 0.5) is 0 Å². The molecule has 0 fully saturated rings. The molecule has 0 radical (unpaired) electrons. The fraction of sp³-hybridized carbons (Fsp3) is 0.429. The van der Waals surface area contributed by atoms with Crippen molar-refractivity contribution in [2.45, 2.75) is 25.3 Å². The van der Waals surface area contributed by atoms with E-state index in [-0.39, 0.29) is 6.04 Å². The van der Waals surface area contributed by atoms with Gasteiger partial charge in [0.25, 0.3) is 0 Å². The number of benzene rings is 1. The number of nitrogens with two attached hydrogens (primary N) is 2. The Bertz CT molecular complexity index is 543. The first-order chi connectivity index (χ1) is 9.74. The third kappa shape index (κ3) is 3.75. The summed E-state index contributed by atoms with van der Waals surface area (Å²) in [6.07, 6.45) is 2.41. The van der Waals surface area contributed by atoms with Crippen molar-refractivity contribution in [3.8, 4) is 5.75 Å². The molecule has 1 heterocycles. The molecule has 0 spiro atoms. The predicted molar refractivity (Wildman–Crippen MR) is 80.9 cm³/mol. The van der Waals surface area contributed by atoms with E-state index in [1.165, 1.54) is 11.5 Å². The van der Waals surface area contributed by atoms with Gasteiger partial charge in [-0.2, -0.15) is 4.37 Å². The van der Waals surface area contributed by atoms with E-state index in [0.29, 0.717) is 13.0 Å². The highest BCUT2D eigenvalue weighted by atomic mass is 32.1. The van der Waals surface area contributed by atoms with Crippen molar-refractivity contribution in [2.24, 2.45) is 11.5 Å². The van der Waals surface area contributed by atoms with E-state index < -0.39 is 0 Å². The standard InChI is InChI=1S/C14H20N4OS/c1-19-12-7-3-2-5-10(12)9-13-17-14(20-18-13)11(16)6-4-8-15/h2-3,5,7,11H,4,6,8-9,15-16H2,1H3. The molecule has 5 nitrogen and oxygen atoms in total. The van der Waals surface area contributed by atoms with E-state index in [1.54, 1.807) is 7.11 Å². The van der Waals surface area contributed by atoms with Crippen molar-refractivity contribution in [1.82, 2.24) is 9.36 Å². The van der Waals surface area contributed by atoms with Crippen molar-refractivity contribution < 1.29 is 4.74 Å². The molecule has 0 aliphatic rings. The largest absolute Gasteiger partial charge is 0.496 e. The second-order valence-electron chi connectivity index (χ2n) is 4.57. The summed E-state index contributed by atoms with van der Waals surface area (Å²) in [6.45, 7) is 0.653. The van der Waals surface area contributed by atoms with Crippen LogP contribution >= 0.6 is 11.5 Å². The van der Waals surface area contributed by atoms with E-state index in [0.717, 1.165) is 35.0 Å². The lowest BCUT2D eigenvalue weighted by atomic mass is 10.1. The Labute approximate surface area is 123 Å². The van der Waals surface area contributed by atoms with Crippen LogP contribution < -0.4 is 16.2 Å². The molecule has 1 aromatic carbocycles. The molecule has 2 aromatic rings. The van der Waals surface area contributed by atoms with Gasteiger partial charge in [0.1, 0.15) is 16.6 Å². The molecule has 0 saturated heterocycles. The zero-order valence-electron chi connectivity index (χ0n) is 11.6. The van der Waals surface area contributed by atoms with Crippen molar-refractivity contribution in [2.75, 3.05) is 13.7 Å². The van der Waals surface area contributed by atoms with Crippen LogP contribution in [0.5, 0.6) is 5.75 Å². The quantitative estimate of drug-likeness (QED) is 0.813. The van der Waals surface area contributed by atoms with E-state index in [2.05, 4.69) is 9.36 Å². The number of methoxy groups -OCH3 is 1. The van der Waals surface area contributed by atoms with E-state index in [1.807, 2.05) is 24.3 Å². The summed E-state index contributed by atoms with van der Waals surface area (Å²) >= 11 is 1.37. The molecule has 4 N–H and O–H groups in total. The average Bonchev–Trinajstić information content (AvgIpc) is 2.94. The van der Waals surface area contributed by atoms with Crippen LogP contribution in [0, 0.1) is 0 Å². The second kappa shape index (κ2) is 7.33. The van der Waals surface area contributed by atoms with Gasteiger partial charge in [0.15, 0.2) is 0 Å². The fourth-order valence-corrected chi connectivity index (χ4v) is 2.67. The molecule has 1 atom stereocenters. The molecule has 2 rings (SSSR count). The van der Waals surface area contributed by atoms with Gasteiger partial charge in [-0.25, -0.2) is 4.98 Å². The summed E-state index contributed by atoms with van der Waals surface area (Å²) in [4.78, 5) is 4.52. The van der Waals surface area contributed by atoms with Gasteiger partial charge in [0.2, 0.25) is 0 Å². The fourth-order valence-electron chi connectivity index (χ4n) is 1.97. The van der Waals surface area contributed by atoms with Crippen LogP contribution in [-0.4, -0.2) is 23.0 Å². The van der Waals surface area contributed by atoms with E-state index in [4.69, 9.17) is 16.2 Å². The van der Waals surface area contributed by atoms with Gasteiger partial charge in [0.05, 0.1) is 13.2 Å². The molecular weight excluding hydrogens is 272 g/mol.